The van der Waals surface area contributed by atoms with Gasteiger partial charge < -0.3 is 4.99 Å². The van der Waals surface area contributed by atoms with Crippen LogP contribution in [0, 0.1) is 17.8 Å². The van der Waals surface area contributed by atoms with Crippen molar-refractivity contribution >= 4 is 6.72 Å². The van der Waals surface area contributed by atoms with Crippen molar-refractivity contribution < 1.29 is 5.21 Å². The molecular weight excluding hydrogens is 236 g/mol. The summed E-state index contributed by atoms with van der Waals surface area (Å²) in [6.45, 7) is 17.7. The highest BCUT2D eigenvalue weighted by atomic mass is 16.5. The molecule has 0 saturated heterocycles. The molecule has 0 aliphatic rings. The molecule has 0 amide bonds. The first kappa shape index (κ1) is 18.2. The van der Waals surface area contributed by atoms with Gasteiger partial charge in [0.05, 0.1) is 0 Å². The van der Waals surface area contributed by atoms with Gasteiger partial charge >= 0.3 is 0 Å². The standard InChI is InChI=1S/C16H32N2O/c1-7-16(12-17-6)10-11-18(19)15(5)14(4)9-8-13(2)3/h13-14,16,19H,5-12H2,1-4H3/t14?,16-/m0/s1. The van der Waals surface area contributed by atoms with Gasteiger partial charge in [0.2, 0.25) is 0 Å². The predicted octanol–water partition coefficient (Wildman–Crippen LogP) is 4.38. The Hall–Kier alpha value is -0.830. The van der Waals surface area contributed by atoms with Crippen molar-refractivity contribution in [1.29, 1.82) is 0 Å². The topological polar surface area (TPSA) is 35.8 Å². The first-order valence-corrected chi connectivity index (χ1v) is 7.49. The van der Waals surface area contributed by atoms with Crippen molar-refractivity contribution in [2.24, 2.45) is 22.7 Å². The number of rotatable bonds is 11. The third kappa shape index (κ3) is 8.04. The normalized spacial score (nSPS) is 14.2. The van der Waals surface area contributed by atoms with Gasteiger partial charge in [-0.2, -0.15) is 0 Å². The highest BCUT2D eigenvalue weighted by Gasteiger charge is 2.15. The second kappa shape index (κ2) is 10.0. The van der Waals surface area contributed by atoms with E-state index in [1.165, 1.54) is 11.5 Å². The Morgan fingerprint density at radius 2 is 1.84 bits per heavy atom. The van der Waals surface area contributed by atoms with E-state index >= 15 is 0 Å². The molecule has 112 valence electrons. The minimum Gasteiger partial charge on any atom is -0.301 e. The molecule has 3 heteroatoms. The van der Waals surface area contributed by atoms with Crippen molar-refractivity contribution in [3.8, 4) is 0 Å². The lowest BCUT2D eigenvalue weighted by Crippen LogP contribution is -2.25. The van der Waals surface area contributed by atoms with E-state index in [0.717, 1.165) is 31.5 Å². The summed E-state index contributed by atoms with van der Waals surface area (Å²) in [6.07, 6.45) is 4.26. The van der Waals surface area contributed by atoms with E-state index in [-0.39, 0.29) is 0 Å². The van der Waals surface area contributed by atoms with E-state index in [2.05, 4.69) is 46.0 Å². The van der Waals surface area contributed by atoms with Crippen molar-refractivity contribution in [1.82, 2.24) is 5.06 Å². The van der Waals surface area contributed by atoms with Crippen LogP contribution in [0.4, 0.5) is 0 Å². The molecule has 2 atom stereocenters. The number of hydrogen-bond acceptors (Lipinski definition) is 3. The van der Waals surface area contributed by atoms with E-state index < -0.39 is 0 Å². The number of hydroxylamine groups is 2. The zero-order valence-electron chi connectivity index (χ0n) is 13.2. The lowest BCUT2D eigenvalue weighted by molar-refractivity contribution is -0.0676. The van der Waals surface area contributed by atoms with Crippen molar-refractivity contribution in [2.75, 3.05) is 13.1 Å². The van der Waals surface area contributed by atoms with E-state index in [9.17, 15) is 5.21 Å². The van der Waals surface area contributed by atoms with Gasteiger partial charge in [0.1, 0.15) is 0 Å². The molecule has 0 fully saturated rings. The quantitative estimate of drug-likeness (QED) is 0.446. The fraction of sp³-hybridized carbons (Fsp3) is 0.812. The lowest BCUT2D eigenvalue weighted by Gasteiger charge is -2.26. The summed E-state index contributed by atoms with van der Waals surface area (Å²) in [7, 11) is 0. The molecule has 3 nitrogen and oxygen atoms in total. The summed E-state index contributed by atoms with van der Waals surface area (Å²) in [4.78, 5) is 3.94. The third-order valence-corrected chi connectivity index (χ3v) is 3.79. The smallest absolute Gasteiger partial charge is 0.0452 e. The molecule has 19 heavy (non-hydrogen) atoms. The highest BCUT2D eigenvalue weighted by molar-refractivity contribution is 5.23. The number of nitrogens with zero attached hydrogens (tertiary/aromatic N) is 2. The molecule has 0 radical (unpaired) electrons. The largest absolute Gasteiger partial charge is 0.301 e. The van der Waals surface area contributed by atoms with Crippen LogP contribution in [0.1, 0.15) is 53.4 Å². The summed E-state index contributed by atoms with van der Waals surface area (Å²) >= 11 is 0. The Morgan fingerprint density at radius 3 is 2.32 bits per heavy atom. The molecule has 0 heterocycles. The van der Waals surface area contributed by atoms with Gasteiger partial charge in [-0.05, 0) is 37.3 Å². The Balaban J connectivity index is 4.07. The van der Waals surface area contributed by atoms with Crippen LogP contribution in [0.15, 0.2) is 17.3 Å². The number of aliphatic imine (C=N–C) groups is 1. The highest BCUT2D eigenvalue weighted by Crippen LogP contribution is 2.21. The van der Waals surface area contributed by atoms with Crippen LogP contribution in [-0.4, -0.2) is 30.1 Å². The van der Waals surface area contributed by atoms with Gasteiger partial charge in [-0.15, -0.1) is 0 Å². The molecule has 0 aromatic heterocycles. The van der Waals surface area contributed by atoms with Gasteiger partial charge in [-0.3, -0.25) is 10.3 Å². The maximum absolute atomic E-state index is 10.1. The molecule has 0 bridgehead atoms. The van der Waals surface area contributed by atoms with Crippen LogP contribution in [0.3, 0.4) is 0 Å². The molecular formula is C16H32N2O. The maximum atomic E-state index is 10.1. The Kier molecular flexibility index (Phi) is 9.58. The van der Waals surface area contributed by atoms with Gasteiger partial charge in [0.25, 0.3) is 0 Å². The molecule has 1 unspecified atom stereocenters. The van der Waals surface area contributed by atoms with E-state index in [1.54, 1.807) is 0 Å². The molecule has 0 aliphatic heterocycles. The molecule has 1 N–H and O–H groups in total. The zero-order valence-corrected chi connectivity index (χ0v) is 13.2. The SMILES string of the molecule is C=NC[C@@H](CC)CCN(O)C(=C)C(C)CCC(C)C. The average molecular weight is 268 g/mol. The van der Waals surface area contributed by atoms with Crippen molar-refractivity contribution in [3.63, 3.8) is 0 Å². The van der Waals surface area contributed by atoms with Crippen LogP contribution < -0.4 is 0 Å². The van der Waals surface area contributed by atoms with Crippen molar-refractivity contribution in [2.45, 2.75) is 53.4 Å². The second-order valence-electron chi connectivity index (χ2n) is 5.96. The first-order valence-electron chi connectivity index (χ1n) is 7.49. The van der Waals surface area contributed by atoms with Gasteiger partial charge in [-0.25, -0.2) is 0 Å². The summed E-state index contributed by atoms with van der Waals surface area (Å²) in [5.41, 5.74) is 0.835. The summed E-state index contributed by atoms with van der Waals surface area (Å²) in [5, 5.41) is 11.4. The van der Waals surface area contributed by atoms with Gasteiger partial charge in [0.15, 0.2) is 0 Å². The fourth-order valence-electron chi connectivity index (χ4n) is 2.06. The third-order valence-electron chi connectivity index (χ3n) is 3.79. The number of hydrogen-bond donors (Lipinski definition) is 1. The maximum Gasteiger partial charge on any atom is 0.0452 e. The van der Waals surface area contributed by atoms with E-state index in [4.69, 9.17) is 0 Å². The summed E-state index contributed by atoms with van der Waals surface area (Å²) in [5.74, 6) is 1.54. The monoisotopic (exact) mass is 268 g/mol. The molecule has 0 rings (SSSR count). The fourth-order valence-corrected chi connectivity index (χ4v) is 2.06. The van der Waals surface area contributed by atoms with Crippen LogP contribution >= 0.6 is 0 Å². The molecule has 0 aliphatic carbocycles. The Morgan fingerprint density at radius 1 is 1.21 bits per heavy atom. The van der Waals surface area contributed by atoms with E-state index in [1.807, 2.05) is 0 Å². The Bertz CT molecular complexity index is 263. The van der Waals surface area contributed by atoms with Crippen LogP contribution in [-0.2, 0) is 0 Å². The molecule has 0 saturated carbocycles. The summed E-state index contributed by atoms with van der Waals surface area (Å²) in [6, 6.07) is 0. The lowest BCUT2D eigenvalue weighted by atomic mass is 9.96. The van der Waals surface area contributed by atoms with Crippen LogP contribution in [0.5, 0.6) is 0 Å². The minimum absolute atomic E-state index is 0.338. The molecule has 0 aromatic rings. The van der Waals surface area contributed by atoms with Crippen LogP contribution in [0.25, 0.3) is 0 Å². The second-order valence-corrected chi connectivity index (χ2v) is 5.96. The summed E-state index contributed by atoms with van der Waals surface area (Å²) < 4.78 is 0. The first-order chi connectivity index (χ1) is 8.92. The minimum atomic E-state index is 0.338. The number of allylic oxidation sites excluding steroid dienone is 1. The Labute approximate surface area is 119 Å². The molecule has 0 spiro atoms. The molecule has 0 aromatic carbocycles. The van der Waals surface area contributed by atoms with Crippen LogP contribution in [0.2, 0.25) is 0 Å². The zero-order chi connectivity index (χ0) is 14.8. The van der Waals surface area contributed by atoms with Crippen molar-refractivity contribution in [3.05, 3.63) is 12.3 Å². The van der Waals surface area contributed by atoms with Gasteiger partial charge in [-0.1, -0.05) is 47.1 Å². The van der Waals surface area contributed by atoms with E-state index in [0.29, 0.717) is 24.3 Å². The van der Waals surface area contributed by atoms with Gasteiger partial charge in [0, 0.05) is 18.8 Å². The predicted molar refractivity (Wildman–Crippen MR) is 83.7 cm³/mol. The average Bonchev–Trinajstić information content (AvgIpc) is 2.39.